The van der Waals surface area contributed by atoms with Crippen molar-refractivity contribution in [3.8, 4) is 22.8 Å². The number of methoxy groups -OCH3 is 1. The second kappa shape index (κ2) is 11.5. The predicted molar refractivity (Wildman–Crippen MR) is 138 cm³/mol. The summed E-state index contributed by atoms with van der Waals surface area (Å²) in [5.41, 5.74) is 1.61. The van der Waals surface area contributed by atoms with Gasteiger partial charge in [0.25, 0.3) is 0 Å². The number of ether oxygens (including phenoxy) is 4. The highest BCUT2D eigenvalue weighted by Crippen LogP contribution is 2.45. The van der Waals surface area contributed by atoms with Crippen LogP contribution >= 0.6 is 22.6 Å². The van der Waals surface area contributed by atoms with E-state index in [0.717, 1.165) is 22.2 Å². The Balaban J connectivity index is 1.88. The maximum Gasteiger partial charge on any atom is 0.341 e. The number of hydrogen-bond donors (Lipinski definition) is 1. The zero-order chi connectivity index (χ0) is 24.9. The average Bonchev–Trinajstić information content (AvgIpc) is 2.78. The third kappa shape index (κ3) is 6.11. The Hall–Kier alpha value is -2.11. The normalized spacial score (nSPS) is 14.9. The molecule has 0 spiro atoms. The van der Waals surface area contributed by atoms with Crippen LogP contribution in [-0.4, -0.2) is 60.2 Å². The highest BCUT2D eigenvalue weighted by atomic mass is 127. The quantitative estimate of drug-likeness (QED) is 0.240. The van der Waals surface area contributed by atoms with E-state index < -0.39 is 11.4 Å². The first-order valence-corrected chi connectivity index (χ1v) is 12.7. The molecule has 2 aromatic rings. The van der Waals surface area contributed by atoms with Crippen LogP contribution in [0.15, 0.2) is 29.2 Å². The largest absolute Gasteiger partial charge is 0.493 e. The fourth-order valence-corrected chi connectivity index (χ4v) is 4.39. The summed E-state index contributed by atoms with van der Waals surface area (Å²) in [7, 11) is 1.57. The van der Waals surface area contributed by atoms with Crippen LogP contribution in [0.5, 0.6) is 11.5 Å². The summed E-state index contributed by atoms with van der Waals surface area (Å²) in [5, 5.41) is 9.48. The minimum absolute atomic E-state index is 0.0409. The van der Waals surface area contributed by atoms with Gasteiger partial charge in [-0.05, 0) is 29.5 Å². The molecule has 1 aromatic heterocycles. The molecule has 9 heteroatoms. The molecule has 2 heterocycles. The fraction of sp³-hybridized carbons (Fsp3) is 0.520. The molecule has 0 saturated heterocycles. The van der Waals surface area contributed by atoms with Crippen LogP contribution in [0.1, 0.15) is 42.7 Å². The number of carboxylic acids is 1. The van der Waals surface area contributed by atoms with Gasteiger partial charge in [-0.15, -0.1) is 0 Å². The molecule has 0 radical (unpaired) electrons. The number of carboxylic acid groups (broad SMARTS) is 1. The van der Waals surface area contributed by atoms with Crippen molar-refractivity contribution in [2.24, 2.45) is 5.41 Å². The Kier molecular flexibility index (Phi) is 9.00. The molecular weight excluding hydrogens is 553 g/mol. The van der Waals surface area contributed by atoms with Crippen molar-refractivity contribution in [1.29, 1.82) is 0 Å². The van der Waals surface area contributed by atoms with Gasteiger partial charge >= 0.3 is 5.97 Å². The number of fused-ring (bicyclic) bond motifs is 3. The van der Waals surface area contributed by atoms with Crippen LogP contribution in [0, 0.1) is 5.41 Å². The summed E-state index contributed by atoms with van der Waals surface area (Å²) in [6, 6.07) is 5.18. The Labute approximate surface area is 213 Å². The van der Waals surface area contributed by atoms with E-state index in [9.17, 15) is 14.7 Å². The third-order valence-corrected chi connectivity index (χ3v) is 6.24. The lowest BCUT2D eigenvalue weighted by Gasteiger charge is -2.39. The SMILES string of the molecule is COc1cc2c(cc1OCCOCCOCCI)CC(C(C)(C)C)n1cc(C(=O)O)c(=O)cc1-2. The first-order valence-electron chi connectivity index (χ1n) is 11.2. The van der Waals surface area contributed by atoms with Crippen LogP contribution in [0.4, 0.5) is 0 Å². The lowest BCUT2D eigenvalue weighted by molar-refractivity contribution is 0.0413. The summed E-state index contributed by atoms with van der Waals surface area (Å²) < 4.78 is 25.4. The van der Waals surface area contributed by atoms with Gasteiger partial charge < -0.3 is 28.6 Å². The summed E-state index contributed by atoms with van der Waals surface area (Å²) in [4.78, 5) is 24.1. The number of benzene rings is 1. The lowest BCUT2D eigenvalue weighted by atomic mass is 9.78. The van der Waals surface area contributed by atoms with Crippen molar-refractivity contribution >= 4 is 28.6 Å². The number of alkyl halides is 1. The molecule has 34 heavy (non-hydrogen) atoms. The maximum atomic E-state index is 12.5. The molecule has 0 aliphatic carbocycles. The van der Waals surface area contributed by atoms with Gasteiger partial charge in [-0.2, -0.15) is 0 Å². The van der Waals surface area contributed by atoms with Crippen molar-refractivity contribution in [2.75, 3.05) is 44.6 Å². The van der Waals surface area contributed by atoms with Crippen LogP contribution in [-0.2, 0) is 15.9 Å². The van der Waals surface area contributed by atoms with Crippen LogP contribution < -0.4 is 14.9 Å². The number of aromatic carboxylic acids is 1. The van der Waals surface area contributed by atoms with E-state index in [1.807, 2.05) is 16.7 Å². The van der Waals surface area contributed by atoms with Crippen molar-refractivity contribution in [3.05, 3.63) is 45.7 Å². The Morgan fingerprint density at radius 3 is 2.38 bits per heavy atom. The summed E-state index contributed by atoms with van der Waals surface area (Å²) in [5.74, 6) is -0.0739. The van der Waals surface area contributed by atoms with Crippen LogP contribution in [0.25, 0.3) is 11.3 Å². The zero-order valence-electron chi connectivity index (χ0n) is 20.1. The van der Waals surface area contributed by atoms with E-state index in [4.69, 9.17) is 18.9 Å². The van der Waals surface area contributed by atoms with E-state index in [0.29, 0.717) is 50.0 Å². The minimum Gasteiger partial charge on any atom is -0.493 e. The van der Waals surface area contributed by atoms with E-state index in [2.05, 4.69) is 43.4 Å². The third-order valence-electron chi connectivity index (χ3n) is 5.80. The van der Waals surface area contributed by atoms with Gasteiger partial charge in [-0.1, -0.05) is 43.4 Å². The molecule has 1 unspecified atom stereocenters. The first kappa shape index (κ1) is 26.5. The van der Waals surface area contributed by atoms with Gasteiger partial charge in [-0.25, -0.2) is 4.79 Å². The Morgan fingerprint density at radius 1 is 1.09 bits per heavy atom. The molecular formula is C25H32INO7. The highest BCUT2D eigenvalue weighted by Gasteiger charge is 2.34. The Bertz CT molecular complexity index is 1070. The summed E-state index contributed by atoms with van der Waals surface area (Å²) in [6.45, 7) is 8.89. The van der Waals surface area contributed by atoms with E-state index in [1.165, 1.54) is 12.3 Å². The number of halogens is 1. The maximum absolute atomic E-state index is 12.5. The smallest absolute Gasteiger partial charge is 0.341 e. The van der Waals surface area contributed by atoms with Crippen molar-refractivity contribution in [3.63, 3.8) is 0 Å². The highest BCUT2D eigenvalue weighted by molar-refractivity contribution is 14.1. The van der Waals surface area contributed by atoms with Crippen molar-refractivity contribution < 1.29 is 28.8 Å². The van der Waals surface area contributed by atoms with Gasteiger partial charge in [-0.3, -0.25) is 4.79 Å². The van der Waals surface area contributed by atoms with Crippen LogP contribution in [0.2, 0.25) is 0 Å². The molecule has 186 valence electrons. The fourth-order valence-electron chi connectivity index (χ4n) is 4.08. The van der Waals surface area contributed by atoms with Crippen LogP contribution in [0.3, 0.4) is 0 Å². The van der Waals surface area contributed by atoms with Gasteiger partial charge in [0.2, 0.25) is 0 Å². The second-order valence-electron chi connectivity index (χ2n) is 9.16. The summed E-state index contributed by atoms with van der Waals surface area (Å²) in [6.07, 6.45) is 2.13. The molecule has 1 aliphatic rings. The van der Waals surface area contributed by atoms with Gasteiger partial charge in [0, 0.05) is 28.3 Å². The number of aromatic nitrogens is 1. The molecule has 3 rings (SSSR count). The number of carbonyl (C=O) groups is 1. The number of pyridine rings is 1. The minimum atomic E-state index is -1.22. The average molecular weight is 585 g/mol. The molecule has 1 aliphatic heterocycles. The molecule has 0 amide bonds. The molecule has 1 atom stereocenters. The first-order chi connectivity index (χ1) is 16.2. The molecule has 1 aromatic carbocycles. The van der Waals surface area contributed by atoms with Gasteiger partial charge in [0.15, 0.2) is 16.9 Å². The molecule has 0 bridgehead atoms. The van der Waals surface area contributed by atoms with Crippen molar-refractivity contribution in [2.45, 2.75) is 33.2 Å². The zero-order valence-corrected chi connectivity index (χ0v) is 22.2. The Morgan fingerprint density at radius 2 is 1.76 bits per heavy atom. The molecule has 8 nitrogen and oxygen atoms in total. The lowest BCUT2D eigenvalue weighted by Crippen LogP contribution is -2.32. The van der Waals surface area contributed by atoms with Crippen molar-refractivity contribution in [1.82, 2.24) is 4.57 Å². The second-order valence-corrected chi connectivity index (χ2v) is 10.2. The molecule has 0 saturated carbocycles. The van der Waals surface area contributed by atoms with Gasteiger partial charge in [0.1, 0.15) is 12.2 Å². The molecule has 0 fully saturated rings. The summed E-state index contributed by atoms with van der Waals surface area (Å²) >= 11 is 2.26. The number of rotatable bonds is 11. The number of hydrogen-bond acceptors (Lipinski definition) is 6. The van der Waals surface area contributed by atoms with Gasteiger partial charge in [0.05, 0.1) is 39.2 Å². The molecule has 1 N–H and O–H groups in total. The standard InChI is InChI=1S/C25H32INO7/c1-25(2,3)23-12-16-11-22(34-10-9-33-8-7-32-6-5-26)21(31-4)13-17(16)19-14-20(28)18(24(29)30)15-27(19)23/h11,13-15,23H,5-10,12H2,1-4H3,(H,29,30). The monoisotopic (exact) mass is 585 g/mol. The van der Waals surface area contributed by atoms with E-state index in [-0.39, 0.29) is 17.0 Å². The topological polar surface area (TPSA) is 96.2 Å². The van der Waals surface area contributed by atoms with E-state index >= 15 is 0 Å². The predicted octanol–water partition coefficient (Wildman–Crippen LogP) is 4.21. The van der Waals surface area contributed by atoms with E-state index in [1.54, 1.807) is 7.11 Å². The number of nitrogens with zero attached hydrogens (tertiary/aromatic N) is 1.